The van der Waals surface area contributed by atoms with E-state index in [1.165, 1.54) is 12.1 Å². The number of benzene rings is 1. The second kappa shape index (κ2) is 8.25. The highest BCUT2D eigenvalue weighted by atomic mass is 19.1. The van der Waals surface area contributed by atoms with Gasteiger partial charge in [0.25, 0.3) is 0 Å². The predicted octanol–water partition coefficient (Wildman–Crippen LogP) is 3.70. The summed E-state index contributed by atoms with van der Waals surface area (Å²) in [6.07, 6.45) is 5.91. The molecule has 0 saturated carbocycles. The van der Waals surface area contributed by atoms with Crippen LogP contribution in [0.3, 0.4) is 0 Å². The average molecular weight is 345 g/mol. The summed E-state index contributed by atoms with van der Waals surface area (Å²) in [6, 6.07) is 6.38. The molecule has 0 radical (unpaired) electrons. The number of likely N-dealkylation sites (tertiary alicyclic amines) is 1. The SMILES string of the molecule is COCCCC(=O)N1CCCCC1c1ncc(-c2cccc(F)c2)[nH]1. The van der Waals surface area contributed by atoms with Crippen molar-refractivity contribution in [1.29, 1.82) is 0 Å². The van der Waals surface area contributed by atoms with Gasteiger partial charge in [0.05, 0.1) is 17.9 Å². The fourth-order valence-electron chi connectivity index (χ4n) is 3.33. The molecule has 0 spiro atoms. The predicted molar refractivity (Wildman–Crippen MR) is 93.4 cm³/mol. The van der Waals surface area contributed by atoms with Crippen molar-refractivity contribution in [3.63, 3.8) is 0 Å². The number of hydrogen-bond acceptors (Lipinski definition) is 3. The van der Waals surface area contributed by atoms with E-state index < -0.39 is 0 Å². The van der Waals surface area contributed by atoms with E-state index >= 15 is 0 Å². The molecule has 1 saturated heterocycles. The van der Waals surface area contributed by atoms with Crippen LogP contribution < -0.4 is 0 Å². The second-order valence-corrected chi connectivity index (χ2v) is 6.39. The van der Waals surface area contributed by atoms with E-state index in [-0.39, 0.29) is 17.8 Å². The number of aromatic amines is 1. The molecular weight excluding hydrogens is 321 g/mol. The van der Waals surface area contributed by atoms with E-state index in [1.54, 1.807) is 19.4 Å². The standard InChI is InChI=1S/C19H24FN3O2/c1-25-11-5-9-18(24)23-10-3-2-8-17(23)19-21-13-16(22-19)14-6-4-7-15(20)12-14/h4,6-7,12-13,17H,2-3,5,8-11H2,1H3,(H,21,22). The van der Waals surface area contributed by atoms with Gasteiger partial charge in [-0.05, 0) is 37.8 Å². The van der Waals surface area contributed by atoms with Gasteiger partial charge in [0.1, 0.15) is 11.6 Å². The van der Waals surface area contributed by atoms with Gasteiger partial charge in [-0.15, -0.1) is 0 Å². The molecular formula is C19H24FN3O2. The van der Waals surface area contributed by atoms with Crippen LogP contribution in [-0.2, 0) is 9.53 Å². The van der Waals surface area contributed by atoms with E-state index in [0.29, 0.717) is 13.0 Å². The molecule has 1 N–H and O–H groups in total. The maximum Gasteiger partial charge on any atom is 0.223 e. The molecule has 1 atom stereocenters. The molecule has 1 unspecified atom stereocenters. The van der Waals surface area contributed by atoms with Crippen molar-refractivity contribution in [2.75, 3.05) is 20.3 Å². The van der Waals surface area contributed by atoms with Crippen LogP contribution in [0.5, 0.6) is 0 Å². The first-order chi connectivity index (χ1) is 12.2. The molecule has 3 rings (SSSR count). The Morgan fingerprint density at radius 2 is 2.32 bits per heavy atom. The Hall–Kier alpha value is -2.21. The third kappa shape index (κ3) is 4.25. The summed E-state index contributed by atoms with van der Waals surface area (Å²) in [6.45, 7) is 1.35. The molecule has 2 aromatic rings. The molecule has 1 amide bonds. The highest BCUT2D eigenvalue weighted by Crippen LogP contribution is 2.31. The Morgan fingerprint density at radius 3 is 3.12 bits per heavy atom. The first kappa shape index (κ1) is 17.6. The van der Waals surface area contributed by atoms with Crippen molar-refractivity contribution < 1.29 is 13.9 Å². The van der Waals surface area contributed by atoms with Crippen molar-refractivity contribution in [3.05, 3.63) is 42.1 Å². The van der Waals surface area contributed by atoms with Crippen LogP contribution >= 0.6 is 0 Å². The number of aromatic nitrogens is 2. The lowest BCUT2D eigenvalue weighted by atomic mass is 10.0. The highest BCUT2D eigenvalue weighted by molar-refractivity contribution is 5.76. The van der Waals surface area contributed by atoms with Gasteiger partial charge in [0, 0.05) is 32.2 Å². The van der Waals surface area contributed by atoms with Crippen LogP contribution in [0.1, 0.15) is 44.0 Å². The lowest BCUT2D eigenvalue weighted by Crippen LogP contribution is -2.39. The van der Waals surface area contributed by atoms with Gasteiger partial charge in [-0.1, -0.05) is 12.1 Å². The van der Waals surface area contributed by atoms with E-state index in [9.17, 15) is 9.18 Å². The van der Waals surface area contributed by atoms with Gasteiger partial charge in [-0.25, -0.2) is 9.37 Å². The molecule has 1 aliphatic heterocycles. The zero-order valence-electron chi connectivity index (χ0n) is 14.5. The summed E-state index contributed by atoms with van der Waals surface area (Å²) in [5.74, 6) is 0.644. The fourth-order valence-corrected chi connectivity index (χ4v) is 3.33. The van der Waals surface area contributed by atoms with E-state index in [2.05, 4.69) is 9.97 Å². The Labute approximate surface area is 147 Å². The third-order valence-corrected chi connectivity index (χ3v) is 4.61. The van der Waals surface area contributed by atoms with Crippen molar-refractivity contribution >= 4 is 5.91 Å². The first-order valence-corrected chi connectivity index (χ1v) is 8.78. The number of nitrogens with zero attached hydrogens (tertiary/aromatic N) is 2. The topological polar surface area (TPSA) is 58.2 Å². The second-order valence-electron chi connectivity index (χ2n) is 6.39. The molecule has 2 heterocycles. The molecule has 0 bridgehead atoms. The lowest BCUT2D eigenvalue weighted by molar-refractivity contribution is -0.135. The van der Waals surface area contributed by atoms with Crippen LogP contribution in [0, 0.1) is 5.82 Å². The highest BCUT2D eigenvalue weighted by Gasteiger charge is 2.29. The van der Waals surface area contributed by atoms with E-state index in [1.807, 2.05) is 11.0 Å². The van der Waals surface area contributed by atoms with Gasteiger partial charge in [0.15, 0.2) is 0 Å². The number of halogens is 1. The Kier molecular flexibility index (Phi) is 5.81. The number of amides is 1. The Morgan fingerprint density at radius 1 is 1.44 bits per heavy atom. The van der Waals surface area contributed by atoms with Crippen molar-refractivity contribution in [2.45, 2.75) is 38.1 Å². The number of carbonyl (C=O) groups is 1. The van der Waals surface area contributed by atoms with E-state index in [0.717, 1.165) is 49.3 Å². The first-order valence-electron chi connectivity index (χ1n) is 8.78. The van der Waals surface area contributed by atoms with Crippen molar-refractivity contribution in [1.82, 2.24) is 14.9 Å². The molecule has 1 aromatic carbocycles. The molecule has 1 fully saturated rings. The number of ether oxygens (including phenoxy) is 1. The third-order valence-electron chi connectivity index (χ3n) is 4.61. The molecule has 25 heavy (non-hydrogen) atoms. The summed E-state index contributed by atoms with van der Waals surface area (Å²) in [4.78, 5) is 22.2. The summed E-state index contributed by atoms with van der Waals surface area (Å²) in [5.41, 5.74) is 1.53. The molecule has 1 aromatic heterocycles. The summed E-state index contributed by atoms with van der Waals surface area (Å²) in [5, 5.41) is 0. The monoisotopic (exact) mass is 345 g/mol. The number of H-pyrrole nitrogens is 1. The van der Waals surface area contributed by atoms with Gasteiger partial charge in [-0.2, -0.15) is 0 Å². The van der Waals surface area contributed by atoms with Gasteiger partial charge in [0.2, 0.25) is 5.91 Å². The van der Waals surface area contributed by atoms with Crippen LogP contribution in [0.25, 0.3) is 11.3 Å². The number of imidazole rings is 1. The summed E-state index contributed by atoms with van der Waals surface area (Å²) >= 11 is 0. The van der Waals surface area contributed by atoms with Crippen molar-refractivity contribution in [3.8, 4) is 11.3 Å². The minimum absolute atomic E-state index is 0.0360. The lowest BCUT2D eigenvalue weighted by Gasteiger charge is -2.34. The Bertz CT molecular complexity index is 716. The summed E-state index contributed by atoms with van der Waals surface area (Å²) < 4.78 is 18.5. The molecule has 5 nitrogen and oxygen atoms in total. The quantitative estimate of drug-likeness (QED) is 0.812. The normalized spacial score (nSPS) is 17.7. The minimum Gasteiger partial charge on any atom is -0.385 e. The molecule has 6 heteroatoms. The smallest absolute Gasteiger partial charge is 0.223 e. The number of carbonyl (C=O) groups excluding carboxylic acids is 1. The zero-order valence-corrected chi connectivity index (χ0v) is 14.5. The van der Waals surface area contributed by atoms with Crippen molar-refractivity contribution in [2.24, 2.45) is 0 Å². The van der Waals surface area contributed by atoms with Gasteiger partial charge >= 0.3 is 0 Å². The number of rotatable bonds is 6. The van der Waals surface area contributed by atoms with Gasteiger partial charge in [-0.3, -0.25) is 4.79 Å². The van der Waals surface area contributed by atoms with Crippen LogP contribution in [-0.4, -0.2) is 41.0 Å². The summed E-state index contributed by atoms with van der Waals surface area (Å²) in [7, 11) is 1.64. The number of methoxy groups -OCH3 is 1. The number of hydrogen-bond donors (Lipinski definition) is 1. The fraction of sp³-hybridized carbons (Fsp3) is 0.474. The molecule has 1 aliphatic rings. The average Bonchev–Trinajstić information content (AvgIpc) is 3.12. The minimum atomic E-state index is -0.277. The number of piperidine rings is 1. The molecule has 134 valence electrons. The van der Waals surface area contributed by atoms with Crippen LogP contribution in [0.15, 0.2) is 30.5 Å². The molecule has 0 aliphatic carbocycles. The zero-order chi connectivity index (χ0) is 17.6. The van der Waals surface area contributed by atoms with E-state index in [4.69, 9.17) is 4.74 Å². The Balaban J connectivity index is 1.75. The van der Waals surface area contributed by atoms with Gasteiger partial charge < -0.3 is 14.6 Å². The maximum atomic E-state index is 13.4. The van der Waals surface area contributed by atoms with Crippen LogP contribution in [0.2, 0.25) is 0 Å². The van der Waals surface area contributed by atoms with Crippen LogP contribution in [0.4, 0.5) is 4.39 Å². The maximum absolute atomic E-state index is 13.4. The largest absolute Gasteiger partial charge is 0.385 e. The number of nitrogens with one attached hydrogen (secondary N) is 1.